The Balaban J connectivity index is 1.91. The zero-order chi connectivity index (χ0) is 15.2. The van der Waals surface area contributed by atoms with Crippen LogP contribution in [-0.4, -0.2) is 17.5 Å². The number of anilines is 2. The summed E-state index contributed by atoms with van der Waals surface area (Å²) in [5.41, 5.74) is 7.09. The second-order valence-corrected chi connectivity index (χ2v) is 4.21. The number of nitrogens with one attached hydrogen (secondary N) is 1. The lowest BCUT2D eigenvalue weighted by Gasteiger charge is -2.07. The molecule has 0 radical (unpaired) electrons. The van der Waals surface area contributed by atoms with Crippen molar-refractivity contribution >= 4 is 17.3 Å². The zero-order valence-electron chi connectivity index (χ0n) is 10.9. The van der Waals surface area contributed by atoms with Gasteiger partial charge in [0.25, 0.3) is 0 Å². The van der Waals surface area contributed by atoms with Gasteiger partial charge in [0.15, 0.2) is 0 Å². The fourth-order valence-corrected chi connectivity index (χ4v) is 1.63. The number of rotatable bonds is 5. The predicted molar refractivity (Wildman–Crippen MR) is 74.1 cm³/mol. The first kappa shape index (κ1) is 14.7. The van der Waals surface area contributed by atoms with E-state index in [1.54, 1.807) is 12.1 Å². The van der Waals surface area contributed by atoms with Gasteiger partial charge < -0.3 is 15.8 Å². The third-order valence-corrected chi connectivity index (χ3v) is 2.55. The Kier molecular flexibility index (Phi) is 4.65. The Bertz CT molecular complexity index is 601. The van der Waals surface area contributed by atoms with Gasteiger partial charge in [-0.1, -0.05) is 0 Å². The van der Waals surface area contributed by atoms with Crippen LogP contribution in [-0.2, 0) is 11.2 Å². The Hall–Kier alpha value is -2.70. The first-order valence-corrected chi connectivity index (χ1v) is 6.08. The Labute approximate surface area is 119 Å². The van der Waals surface area contributed by atoms with Crippen LogP contribution in [0.5, 0.6) is 5.75 Å². The average molecular weight is 293 g/mol. The molecule has 0 saturated heterocycles. The summed E-state index contributed by atoms with van der Waals surface area (Å²) in [4.78, 5) is 15.8. The zero-order valence-corrected chi connectivity index (χ0v) is 10.9. The van der Waals surface area contributed by atoms with Crippen molar-refractivity contribution in [3.63, 3.8) is 0 Å². The van der Waals surface area contributed by atoms with E-state index < -0.39 is 6.61 Å². The normalized spacial score (nSPS) is 10.4. The number of hydrogen-bond donors (Lipinski definition) is 2. The molecule has 0 fully saturated rings. The molecule has 0 aliphatic carbocycles. The van der Waals surface area contributed by atoms with Gasteiger partial charge in [-0.2, -0.15) is 8.78 Å². The van der Waals surface area contributed by atoms with Crippen LogP contribution < -0.4 is 15.8 Å². The number of pyridine rings is 1. The Morgan fingerprint density at radius 1 is 1.24 bits per heavy atom. The molecule has 2 rings (SSSR count). The molecular formula is C14H13F2N3O2. The first-order valence-electron chi connectivity index (χ1n) is 6.08. The van der Waals surface area contributed by atoms with Crippen molar-refractivity contribution < 1.29 is 18.3 Å². The van der Waals surface area contributed by atoms with E-state index in [1.807, 2.05) is 0 Å². The molecule has 1 heterocycles. The molecular weight excluding hydrogens is 280 g/mol. The average Bonchev–Trinajstić information content (AvgIpc) is 2.43. The summed E-state index contributed by atoms with van der Waals surface area (Å²) in [6, 6.07) is 8.98. The lowest BCUT2D eigenvalue weighted by atomic mass is 10.2. The maximum atomic E-state index is 12.0. The van der Waals surface area contributed by atoms with Gasteiger partial charge in [-0.15, -0.1) is 0 Å². The number of nitrogen functional groups attached to an aromatic ring is 1. The topological polar surface area (TPSA) is 77.2 Å². The number of ether oxygens (including phenoxy) is 1. The van der Waals surface area contributed by atoms with Gasteiger partial charge in [-0.3, -0.25) is 9.78 Å². The third-order valence-electron chi connectivity index (χ3n) is 2.55. The number of halogens is 2. The van der Waals surface area contributed by atoms with Gasteiger partial charge in [0.2, 0.25) is 5.91 Å². The molecule has 5 nitrogen and oxygen atoms in total. The molecule has 7 heteroatoms. The molecule has 2 aromatic rings. The van der Waals surface area contributed by atoms with E-state index in [0.717, 1.165) is 0 Å². The summed E-state index contributed by atoms with van der Waals surface area (Å²) in [7, 11) is 0. The number of carbonyl (C=O) groups is 1. The molecule has 0 aliphatic heterocycles. The highest BCUT2D eigenvalue weighted by molar-refractivity contribution is 5.92. The maximum Gasteiger partial charge on any atom is 0.387 e. The molecule has 0 bridgehead atoms. The third kappa shape index (κ3) is 4.72. The van der Waals surface area contributed by atoms with Crippen molar-refractivity contribution in [2.75, 3.05) is 11.1 Å². The van der Waals surface area contributed by atoms with Gasteiger partial charge in [0.05, 0.1) is 18.3 Å². The molecule has 3 N–H and O–H groups in total. The Morgan fingerprint density at radius 3 is 2.52 bits per heavy atom. The molecule has 0 spiro atoms. The van der Waals surface area contributed by atoms with Crippen LogP contribution in [0.2, 0.25) is 0 Å². The minimum absolute atomic E-state index is 0.0307. The number of nitrogens with two attached hydrogens (primary N) is 1. The number of aromatic nitrogens is 1. The lowest BCUT2D eigenvalue weighted by Crippen LogP contribution is -2.15. The number of amides is 1. The van der Waals surface area contributed by atoms with Gasteiger partial charge in [-0.05, 0) is 36.4 Å². The minimum Gasteiger partial charge on any atom is -0.435 e. The van der Waals surface area contributed by atoms with E-state index in [0.29, 0.717) is 17.1 Å². The number of carbonyl (C=O) groups excluding carboxylic acids is 1. The van der Waals surface area contributed by atoms with Gasteiger partial charge >= 0.3 is 6.61 Å². The van der Waals surface area contributed by atoms with E-state index in [2.05, 4.69) is 15.0 Å². The molecule has 110 valence electrons. The Morgan fingerprint density at radius 2 is 1.95 bits per heavy atom. The largest absolute Gasteiger partial charge is 0.435 e. The summed E-state index contributed by atoms with van der Waals surface area (Å²) in [5.74, 6) is -0.238. The molecule has 0 saturated carbocycles. The van der Waals surface area contributed by atoms with Crippen molar-refractivity contribution in [3.05, 3.63) is 48.3 Å². The molecule has 0 unspecified atom stereocenters. The van der Waals surface area contributed by atoms with Crippen molar-refractivity contribution in [3.8, 4) is 5.75 Å². The molecule has 21 heavy (non-hydrogen) atoms. The fraction of sp³-hybridized carbons (Fsp3) is 0.143. The highest BCUT2D eigenvalue weighted by Gasteiger charge is 2.07. The second-order valence-electron chi connectivity index (χ2n) is 4.21. The van der Waals surface area contributed by atoms with E-state index in [4.69, 9.17) is 5.73 Å². The summed E-state index contributed by atoms with van der Waals surface area (Å²) >= 11 is 0. The maximum absolute atomic E-state index is 12.0. The van der Waals surface area contributed by atoms with E-state index in [1.165, 1.54) is 30.5 Å². The van der Waals surface area contributed by atoms with E-state index in [9.17, 15) is 13.6 Å². The first-order chi connectivity index (χ1) is 10.0. The highest BCUT2D eigenvalue weighted by Crippen LogP contribution is 2.17. The lowest BCUT2D eigenvalue weighted by molar-refractivity contribution is -0.115. The van der Waals surface area contributed by atoms with Crippen LogP contribution >= 0.6 is 0 Å². The van der Waals surface area contributed by atoms with Crippen molar-refractivity contribution in [1.29, 1.82) is 0 Å². The predicted octanol–water partition coefficient (Wildman–Crippen LogP) is 2.45. The van der Waals surface area contributed by atoms with Crippen molar-refractivity contribution in [2.45, 2.75) is 13.0 Å². The summed E-state index contributed by atoms with van der Waals surface area (Å²) in [6.07, 6.45) is 1.56. The standard InChI is InChI=1S/C14H13F2N3O2/c15-14(16)21-12-5-3-10(4-6-12)19-13(20)7-11-2-1-9(17)8-18-11/h1-6,8,14H,7,17H2,(H,19,20). The van der Waals surface area contributed by atoms with Crippen LogP contribution in [0, 0.1) is 0 Å². The second kappa shape index (κ2) is 6.65. The number of alkyl halides is 2. The monoisotopic (exact) mass is 293 g/mol. The van der Waals surface area contributed by atoms with Crippen molar-refractivity contribution in [2.24, 2.45) is 0 Å². The molecule has 0 aliphatic rings. The number of nitrogens with zero attached hydrogens (tertiary/aromatic N) is 1. The fourth-order valence-electron chi connectivity index (χ4n) is 1.63. The van der Waals surface area contributed by atoms with Gasteiger partial charge in [0.1, 0.15) is 5.75 Å². The molecule has 1 amide bonds. The summed E-state index contributed by atoms with van der Waals surface area (Å²) in [6.45, 7) is -2.87. The summed E-state index contributed by atoms with van der Waals surface area (Å²) in [5, 5.41) is 2.63. The van der Waals surface area contributed by atoms with E-state index in [-0.39, 0.29) is 18.1 Å². The van der Waals surface area contributed by atoms with Gasteiger partial charge in [0, 0.05) is 11.4 Å². The highest BCUT2D eigenvalue weighted by atomic mass is 19.3. The molecule has 1 aromatic heterocycles. The van der Waals surface area contributed by atoms with Crippen LogP contribution in [0.15, 0.2) is 42.6 Å². The molecule has 0 atom stereocenters. The van der Waals surface area contributed by atoms with Crippen LogP contribution in [0.1, 0.15) is 5.69 Å². The SMILES string of the molecule is Nc1ccc(CC(=O)Nc2ccc(OC(F)F)cc2)nc1. The van der Waals surface area contributed by atoms with Crippen molar-refractivity contribution in [1.82, 2.24) is 4.98 Å². The summed E-state index contributed by atoms with van der Waals surface area (Å²) < 4.78 is 28.2. The number of benzene rings is 1. The quantitative estimate of drug-likeness (QED) is 0.887. The minimum atomic E-state index is -2.87. The van der Waals surface area contributed by atoms with Gasteiger partial charge in [-0.25, -0.2) is 0 Å². The smallest absolute Gasteiger partial charge is 0.387 e. The molecule has 1 aromatic carbocycles. The van der Waals surface area contributed by atoms with Crippen LogP contribution in [0.25, 0.3) is 0 Å². The number of hydrogen-bond acceptors (Lipinski definition) is 4. The van der Waals surface area contributed by atoms with Crippen LogP contribution in [0.4, 0.5) is 20.2 Å². The van der Waals surface area contributed by atoms with E-state index >= 15 is 0 Å². The van der Waals surface area contributed by atoms with Crippen LogP contribution in [0.3, 0.4) is 0 Å².